The van der Waals surface area contributed by atoms with E-state index in [-0.39, 0.29) is 0 Å². The Labute approximate surface area is 687 Å². The van der Waals surface area contributed by atoms with E-state index in [9.17, 15) is 0 Å². The van der Waals surface area contributed by atoms with Crippen LogP contribution in [0.15, 0.2) is 400 Å². The lowest BCUT2D eigenvalue weighted by Crippen LogP contribution is -1.79. The van der Waals surface area contributed by atoms with Gasteiger partial charge in [-0.2, -0.15) is 0 Å². The number of hydrogen-bond acceptors (Lipinski definition) is 0. The number of benzene rings is 16. The van der Waals surface area contributed by atoms with Gasteiger partial charge in [0, 0.05) is 0 Å². The fraction of sp³-hybridized carbons (Fsp3) is 0.250. The molecule has 0 saturated heterocycles. The highest BCUT2D eigenvalue weighted by atomic mass is 14.1. The molecule has 598 valence electrons. The molecule has 0 aromatic heterocycles. The van der Waals surface area contributed by atoms with E-state index in [4.69, 9.17) is 0 Å². The van der Waals surface area contributed by atoms with Gasteiger partial charge in [0.25, 0.3) is 0 Å². The summed E-state index contributed by atoms with van der Waals surface area (Å²) in [6, 6.07) is 139. The van der Waals surface area contributed by atoms with Crippen LogP contribution in [0.4, 0.5) is 0 Å². The Balaban J connectivity index is -0.000000383. The molecule has 0 aliphatic heterocycles. The third kappa shape index (κ3) is 45.3. The average Bonchev–Trinajstić information content (AvgIpc) is 0.799. The first kappa shape index (κ1) is 110. The molecule has 112 heavy (non-hydrogen) atoms. The van der Waals surface area contributed by atoms with Crippen molar-refractivity contribution in [3.8, 4) is 33.4 Å². The molecule has 0 saturated carbocycles. The molecule has 0 radical (unpaired) electrons. The highest BCUT2D eigenvalue weighted by Gasteiger charge is 2.01. The zero-order chi connectivity index (χ0) is 85.1. The molecule has 16 rings (SSSR count). The lowest BCUT2D eigenvalue weighted by Gasteiger charge is -2.04. The first-order valence-corrected chi connectivity index (χ1v) is 42.6. The minimum atomic E-state index is 1.26. The van der Waals surface area contributed by atoms with Crippen LogP contribution in [0.1, 0.15) is 194 Å². The van der Waals surface area contributed by atoms with Gasteiger partial charge in [-0.1, -0.05) is 558 Å². The molecule has 0 N–H and O–H groups in total. The normalized spacial score (nSPS) is 8.36. The first-order valence-electron chi connectivity index (χ1n) is 42.6. The van der Waals surface area contributed by atoms with E-state index in [2.05, 4.69) is 303 Å². The van der Waals surface area contributed by atoms with Crippen LogP contribution in [0.3, 0.4) is 0 Å². The summed E-state index contributed by atoms with van der Waals surface area (Å²) in [5.74, 6) is 0. The van der Waals surface area contributed by atoms with Crippen LogP contribution < -0.4 is 0 Å². The van der Waals surface area contributed by atoms with E-state index in [1.807, 2.05) is 291 Å². The van der Waals surface area contributed by atoms with Gasteiger partial charge < -0.3 is 0 Å². The summed E-state index contributed by atoms with van der Waals surface area (Å²) < 4.78 is 0. The highest BCUT2D eigenvalue weighted by Crippen LogP contribution is 2.27. The Morgan fingerprint density at radius 3 is 0.250 bits per heavy atom. The van der Waals surface area contributed by atoms with Crippen molar-refractivity contribution >= 4 is 64.6 Å². The van der Waals surface area contributed by atoms with E-state index < -0.39 is 0 Å². The summed E-state index contributed by atoms with van der Waals surface area (Å²) in [7, 11) is 0. The molecule has 0 heterocycles. The third-order valence-electron chi connectivity index (χ3n) is 14.2. The molecule has 0 atom stereocenters. The second-order valence-corrected chi connectivity index (χ2v) is 20.0. The van der Waals surface area contributed by atoms with Gasteiger partial charge in [0.2, 0.25) is 0 Å². The Hall–Kier alpha value is -10.9. The molecule has 0 fully saturated rings. The molecule has 16 aromatic rings. The highest BCUT2D eigenvalue weighted by molar-refractivity contribution is 6.00. The number of hydrogen-bond donors (Lipinski definition) is 0. The van der Waals surface area contributed by atoms with Gasteiger partial charge in [0.1, 0.15) is 0 Å². The van der Waals surface area contributed by atoms with Crippen LogP contribution in [-0.2, 0) is 0 Å². The lowest BCUT2D eigenvalue weighted by atomic mass is 10.0. The summed E-state index contributed by atoms with van der Waals surface area (Å²) in [5, 5.41) is 15.7. The second kappa shape index (κ2) is 82.6. The SMILES string of the molecule is CC.CC.CC.CC.CC.CC.CC.CC.CC.CC.CC.CC.CC.CC.c1ccc(-c2ccc(-c3ccccc3)cc2)cc1.c1ccc(-c2ccccc2)cc1.c1ccc2cc3ccccc3cc2c1.c1ccc2cc3ccccc3cc2c1.c1ccc2cc3ccccc3cc2c1.c1ccccc1.c1ccccc1. The van der Waals surface area contributed by atoms with Gasteiger partial charge in [0.05, 0.1) is 0 Å². The maximum Gasteiger partial charge on any atom is -0.0178 e. The Morgan fingerprint density at radius 1 is 0.0804 bits per heavy atom. The molecular formula is C112H150. The van der Waals surface area contributed by atoms with E-state index >= 15 is 0 Å². The predicted molar refractivity (Wildman–Crippen MR) is 525 cm³/mol. The van der Waals surface area contributed by atoms with Crippen LogP contribution in [0, 0.1) is 0 Å². The zero-order valence-corrected chi connectivity index (χ0v) is 75.1. The molecule has 0 nitrogen and oxygen atoms in total. The van der Waals surface area contributed by atoms with Gasteiger partial charge in [-0.15, -0.1) is 0 Å². The number of rotatable bonds is 3. The van der Waals surface area contributed by atoms with Crippen LogP contribution in [0.5, 0.6) is 0 Å². The Kier molecular flexibility index (Phi) is 80.9. The molecule has 0 unspecified atom stereocenters. The summed E-state index contributed by atoms with van der Waals surface area (Å²) in [6.07, 6.45) is 0. The average molecular weight is 1500 g/mol. The van der Waals surface area contributed by atoms with Crippen molar-refractivity contribution in [2.75, 3.05) is 0 Å². The third-order valence-corrected chi connectivity index (χ3v) is 14.2. The van der Waals surface area contributed by atoms with Crippen LogP contribution in [-0.4, -0.2) is 0 Å². The topological polar surface area (TPSA) is 0 Å². The summed E-state index contributed by atoms with van der Waals surface area (Å²) in [4.78, 5) is 0. The summed E-state index contributed by atoms with van der Waals surface area (Å²) in [6.45, 7) is 56.0. The monoisotopic (exact) mass is 1500 g/mol. The fourth-order valence-corrected chi connectivity index (χ4v) is 9.80. The smallest absolute Gasteiger partial charge is 0.0178 e. The lowest BCUT2D eigenvalue weighted by molar-refractivity contribution is 1.50. The number of fused-ring (bicyclic) bond motifs is 6. The van der Waals surface area contributed by atoms with Crippen LogP contribution in [0.2, 0.25) is 0 Å². The zero-order valence-electron chi connectivity index (χ0n) is 75.1. The standard InChI is InChI=1S/C18H14.3C14H10.C12H10.2C6H6.14C2H6/c1-3-7-15(8-4-1)17-11-13-18(14-12-17)16-9-5-2-6-10-16;3*1-2-6-12-10-14-8-4-3-7-13(14)9-11(12)5-1;1-3-7-11(8-4-1)12-9-5-2-6-10-12;2*1-2-4-6-5-3-1;14*1-2/h1-14H;3*1-10H;1-10H;2*1-6H;14*1-2H3. The summed E-state index contributed by atoms with van der Waals surface area (Å²) >= 11 is 0. The summed E-state index contributed by atoms with van der Waals surface area (Å²) in [5.41, 5.74) is 7.59. The van der Waals surface area contributed by atoms with E-state index in [0.29, 0.717) is 0 Å². The quantitative estimate of drug-likeness (QED) is 0.155. The largest absolute Gasteiger partial charge is 0.0683 e. The predicted octanol–water partition coefficient (Wildman–Crippen LogP) is 38.1. The molecule has 16 aromatic carbocycles. The fourth-order valence-electron chi connectivity index (χ4n) is 9.80. The van der Waals surface area contributed by atoms with Gasteiger partial charge in [-0.05, 0) is 134 Å². The Morgan fingerprint density at radius 2 is 0.152 bits per heavy atom. The molecule has 0 amide bonds. The molecular weight excluding hydrogens is 1350 g/mol. The van der Waals surface area contributed by atoms with Crippen molar-refractivity contribution in [3.05, 3.63) is 400 Å². The van der Waals surface area contributed by atoms with Crippen molar-refractivity contribution in [2.24, 2.45) is 0 Å². The molecule has 0 aliphatic rings. The van der Waals surface area contributed by atoms with Crippen LogP contribution in [0.25, 0.3) is 98.0 Å². The molecule has 0 aliphatic carbocycles. The van der Waals surface area contributed by atoms with Crippen LogP contribution >= 0.6 is 0 Å². The van der Waals surface area contributed by atoms with Crippen molar-refractivity contribution in [1.29, 1.82) is 0 Å². The van der Waals surface area contributed by atoms with Crippen molar-refractivity contribution in [2.45, 2.75) is 194 Å². The molecule has 0 bridgehead atoms. The second-order valence-electron chi connectivity index (χ2n) is 20.0. The first-order chi connectivity index (χ1) is 55.7. The van der Waals surface area contributed by atoms with Gasteiger partial charge in [-0.25, -0.2) is 0 Å². The minimum Gasteiger partial charge on any atom is -0.0683 e. The Bertz CT molecular complexity index is 3730. The maximum absolute atomic E-state index is 2.24. The van der Waals surface area contributed by atoms with Gasteiger partial charge >= 0.3 is 0 Å². The van der Waals surface area contributed by atoms with Gasteiger partial charge in [0.15, 0.2) is 0 Å². The van der Waals surface area contributed by atoms with Crippen molar-refractivity contribution in [3.63, 3.8) is 0 Å². The van der Waals surface area contributed by atoms with Crippen molar-refractivity contribution < 1.29 is 0 Å². The van der Waals surface area contributed by atoms with Crippen molar-refractivity contribution in [1.82, 2.24) is 0 Å². The van der Waals surface area contributed by atoms with E-state index in [1.165, 1.54) is 98.0 Å². The van der Waals surface area contributed by atoms with Gasteiger partial charge in [-0.3, -0.25) is 0 Å². The molecule has 0 spiro atoms. The van der Waals surface area contributed by atoms with E-state index in [1.54, 1.807) is 0 Å². The molecule has 0 heteroatoms. The maximum atomic E-state index is 2.24. The minimum absolute atomic E-state index is 1.26. The van der Waals surface area contributed by atoms with E-state index in [0.717, 1.165) is 0 Å².